The van der Waals surface area contributed by atoms with Crippen LogP contribution in [0.3, 0.4) is 0 Å². The molecule has 3 heterocycles. The van der Waals surface area contributed by atoms with Gasteiger partial charge in [-0.1, -0.05) is 18.2 Å². The number of nitrogens with one attached hydrogen (secondary N) is 1. The third kappa shape index (κ3) is 2.94. The number of aromatic amines is 1. The number of likely N-dealkylation sites (tertiary alicyclic amines) is 1. The van der Waals surface area contributed by atoms with Gasteiger partial charge in [0.2, 0.25) is 0 Å². The number of nitrogens with zero attached hydrogens (tertiary/aromatic N) is 3. The van der Waals surface area contributed by atoms with Crippen LogP contribution in [0.5, 0.6) is 0 Å². The number of H-pyrrole nitrogens is 1. The standard InChI is InChI=1S/C21H24N4O/c1-15-13-19(16(2)25(15)18-8-4-3-5-9-18)21(26)24-12-6-7-17(14-24)20-22-10-11-23-20/h3-5,8-11,13,17H,6-7,12,14H2,1-2H3,(H,22,23)/t17-/m0/s1. The van der Waals surface area contributed by atoms with E-state index in [1.54, 1.807) is 6.20 Å². The third-order valence-electron chi connectivity index (χ3n) is 5.29. The molecule has 26 heavy (non-hydrogen) atoms. The molecule has 1 saturated heterocycles. The van der Waals surface area contributed by atoms with Crippen LogP contribution in [0.4, 0.5) is 0 Å². The van der Waals surface area contributed by atoms with E-state index in [2.05, 4.69) is 33.6 Å². The molecule has 1 amide bonds. The Labute approximate surface area is 153 Å². The number of imidazole rings is 1. The molecular weight excluding hydrogens is 324 g/mol. The number of aromatic nitrogens is 3. The highest BCUT2D eigenvalue weighted by molar-refractivity contribution is 5.96. The van der Waals surface area contributed by atoms with E-state index in [4.69, 9.17) is 0 Å². The van der Waals surface area contributed by atoms with Gasteiger partial charge in [0.25, 0.3) is 5.91 Å². The zero-order chi connectivity index (χ0) is 18.1. The molecule has 1 atom stereocenters. The highest BCUT2D eigenvalue weighted by Crippen LogP contribution is 2.27. The van der Waals surface area contributed by atoms with Gasteiger partial charge in [-0.05, 0) is 44.9 Å². The lowest BCUT2D eigenvalue weighted by Gasteiger charge is -2.32. The molecule has 1 aliphatic heterocycles. The Bertz CT molecular complexity index is 896. The molecule has 0 radical (unpaired) electrons. The van der Waals surface area contributed by atoms with Crippen molar-refractivity contribution in [2.24, 2.45) is 0 Å². The van der Waals surface area contributed by atoms with Crippen LogP contribution in [0.2, 0.25) is 0 Å². The molecule has 0 saturated carbocycles. The van der Waals surface area contributed by atoms with Gasteiger partial charge in [0.1, 0.15) is 5.82 Å². The summed E-state index contributed by atoms with van der Waals surface area (Å²) in [5.74, 6) is 1.40. The summed E-state index contributed by atoms with van der Waals surface area (Å²) in [4.78, 5) is 22.8. The van der Waals surface area contributed by atoms with Crippen molar-refractivity contribution in [1.82, 2.24) is 19.4 Å². The van der Waals surface area contributed by atoms with Crippen molar-refractivity contribution in [3.63, 3.8) is 0 Å². The summed E-state index contributed by atoms with van der Waals surface area (Å²) in [6, 6.07) is 12.2. The fourth-order valence-corrected chi connectivity index (χ4v) is 4.01. The number of hydrogen-bond acceptors (Lipinski definition) is 2. The van der Waals surface area contributed by atoms with Gasteiger partial charge in [0.15, 0.2) is 0 Å². The topological polar surface area (TPSA) is 53.9 Å². The normalized spacial score (nSPS) is 17.5. The molecule has 1 aromatic carbocycles. The van der Waals surface area contributed by atoms with Gasteiger partial charge >= 0.3 is 0 Å². The van der Waals surface area contributed by atoms with Crippen LogP contribution in [-0.2, 0) is 0 Å². The lowest BCUT2D eigenvalue weighted by molar-refractivity contribution is 0.0704. The lowest BCUT2D eigenvalue weighted by Crippen LogP contribution is -2.39. The Hall–Kier alpha value is -2.82. The van der Waals surface area contributed by atoms with E-state index < -0.39 is 0 Å². The van der Waals surface area contributed by atoms with Crippen LogP contribution in [0.25, 0.3) is 5.69 Å². The van der Waals surface area contributed by atoms with E-state index in [-0.39, 0.29) is 5.91 Å². The summed E-state index contributed by atoms with van der Waals surface area (Å²) >= 11 is 0. The molecule has 0 spiro atoms. The van der Waals surface area contributed by atoms with Crippen LogP contribution in [0, 0.1) is 13.8 Å². The van der Waals surface area contributed by atoms with Crippen LogP contribution < -0.4 is 0 Å². The fraction of sp³-hybridized carbons (Fsp3) is 0.333. The maximum Gasteiger partial charge on any atom is 0.255 e. The fourth-order valence-electron chi connectivity index (χ4n) is 4.01. The van der Waals surface area contributed by atoms with Crippen LogP contribution in [-0.4, -0.2) is 38.4 Å². The maximum atomic E-state index is 13.2. The maximum absolute atomic E-state index is 13.2. The molecule has 2 aromatic heterocycles. The summed E-state index contributed by atoms with van der Waals surface area (Å²) in [5.41, 5.74) is 3.97. The summed E-state index contributed by atoms with van der Waals surface area (Å²) in [5, 5.41) is 0. The number of benzene rings is 1. The SMILES string of the molecule is Cc1cc(C(=O)N2CCC[C@H](c3ncc[nH]3)C2)c(C)n1-c1ccccc1. The van der Waals surface area contributed by atoms with Crippen molar-refractivity contribution in [3.05, 3.63) is 71.6 Å². The van der Waals surface area contributed by atoms with Gasteiger partial charge in [-0.15, -0.1) is 0 Å². The summed E-state index contributed by atoms with van der Waals surface area (Å²) in [6.07, 6.45) is 5.71. The van der Waals surface area contributed by atoms with Gasteiger partial charge in [0, 0.05) is 48.5 Å². The van der Waals surface area contributed by atoms with Gasteiger partial charge in [-0.2, -0.15) is 0 Å². The molecule has 0 bridgehead atoms. The second-order valence-electron chi connectivity index (χ2n) is 7.02. The van der Waals surface area contributed by atoms with E-state index in [1.807, 2.05) is 42.3 Å². The van der Waals surface area contributed by atoms with Crippen LogP contribution in [0.1, 0.15) is 46.3 Å². The van der Waals surface area contributed by atoms with Crippen molar-refractivity contribution in [1.29, 1.82) is 0 Å². The molecule has 4 rings (SSSR count). The van der Waals surface area contributed by atoms with E-state index in [9.17, 15) is 4.79 Å². The number of hydrogen-bond donors (Lipinski definition) is 1. The molecular formula is C21H24N4O. The van der Waals surface area contributed by atoms with E-state index in [0.29, 0.717) is 5.92 Å². The smallest absolute Gasteiger partial charge is 0.255 e. The number of carbonyl (C=O) groups is 1. The minimum atomic E-state index is 0.122. The first-order chi connectivity index (χ1) is 12.6. The Morgan fingerprint density at radius 3 is 2.77 bits per heavy atom. The average molecular weight is 348 g/mol. The average Bonchev–Trinajstić information content (AvgIpc) is 3.30. The minimum Gasteiger partial charge on any atom is -0.348 e. The molecule has 1 fully saturated rings. The van der Waals surface area contributed by atoms with Gasteiger partial charge in [0.05, 0.1) is 5.56 Å². The van der Waals surface area contributed by atoms with Crippen molar-refractivity contribution in [3.8, 4) is 5.69 Å². The van der Waals surface area contributed by atoms with Crippen LogP contribution >= 0.6 is 0 Å². The monoisotopic (exact) mass is 348 g/mol. The van der Waals surface area contributed by atoms with Gasteiger partial charge in [-0.3, -0.25) is 4.79 Å². The Balaban J connectivity index is 1.61. The highest BCUT2D eigenvalue weighted by Gasteiger charge is 2.28. The lowest BCUT2D eigenvalue weighted by atomic mass is 9.96. The summed E-state index contributed by atoms with van der Waals surface area (Å²) in [7, 11) is 0. The molecule has 0 unspecified atom stereocenters. The number of piperidine rings is 1. The summed E-state index contributed by atoms with van der Waals surface area (Å²) < 4.78 is 2.15. The Morgan fingerprint density at radius 1 is 1.23 bits per heavy atom. The number of aryl methyl sites for hydroxylation is 1. The largest absolute Gasteiger partial charge is 0.348 e. The van der Waals surface area contributed by atoms with Crippen LogP contribution in [0.15, 0.2) is 48.8 Å². The van der Waals surface area contributed by atoms with E-state index >= 15 is 0 Å². The molecule has 5 nitrogen and oxygen atoms in total. The van der Waals surface area contributed by atoms with Crippen molar-refractivity contribution in [2.45, 2.75) is 32.6 Å². The third-order valence-corrected chi connectivity index (χ3v) is 5.29. The molecule has 1 aliphatic rings. The van der Waals surface area contributed by atoms with Crippen molar-refractivity contribution >= 4 is 5.91 Å². The first kappa shape index (κ1) is 16.6. The Kier molecular flexibility index (Phi) is 4.37. The number of amides is 1. The first-order valence-electron chi connectivity index (χ1n) is 9.18. The molecule has 134 valence electrons. The number of carbonyl (C=O) groups excluding carboxylic acids is 1. The quantitative estimate of drug-likeness (QED) is 0.782. The molecule has 0 aliphatic carbocycles. The van der Waals surface area contributed by atoms with E-state index in [1.165, 1.54) is 0 Å². The second kappa shape index (κ2) is 6.83. The zero-order valence-electron chi connectivity index (χ0n) is 15.3. The predicted molar refractivity (Wildman–Crippen MR) is 102 cm³/mol. The Morgan fingerprint density at radius 2 is 2.04 bits per heavy atom. The molecule has 5 heteroatoms. The molecule has 3 aromatic rings. The number of para-hydroxylation sites is 1. The summed E-state index contributed by atoms with van der Waals surface area (Å²) in [6.45, 7) is 5.62. The number of rotatable bonds is 3. The van der Waals surface area contributed by atoms with E-state index in [0.717, 1.165) is 54.4 Å². The van der Waals surface area contributed by atoms with Crippen molar-refractivity contribution < 1.29 is 4.79 Å². The minimum absolute atomic E-state index is 0.122. The van der Waals surface area contributed by atoms with Gasteiger partial charge < -0.3 is 14.5 Å². The highest BCUT2D eigenvalue weighted by atomic mass is 16.2. The van der Waals surface area contributed by atoms with Gasteiger partial charge in [-0.25, -0.2) is 4.98 Å². The van der Waals surface area contributed by atoms with Crippen molar-refractivity contribution in [2.75, 3.05) is 13.1 Å². The first-order valence-corrected chi connectivity index (χ1v) is 9.18. The predicted octanol–water partition coefficient (Wildman–Crippen LogP) is 3.84. The zero-order valence-corrected chi connectivity index (χ0v) is 15.3. The second-order valence-corrected chi connectivity index (χ2v) is 7.02. The molecule has 1 N–H and O–H groups in total.